The van der Waals surface area contributed by atoms with Crippen molar-refractivity contribution in [2.24, 2.45) is 5.92 Å². The molecule has 0 saturated heterocycles. The Labute approximate surface area is 125 Å². The zero-order valence-corrected chi connectivity index (χ0v) is 13.1. The molecule has 0 aromatic heterocycles. The van der Waals surface area contributed by atoms with Gasteiger partial charge in [0.1, 0.15) is 5.75 Å². The normalized spacial score (nSPS) is 12.0. The molecule has 1 aromatic carbocycles. The fourth-order valence-electron chi connectivity index (χ4n) is 1.63. The van der Waals surface area contributed by atoms with Crippen LogP contribution in [0.3, 0.4) is 0 Å². The van der Waals surface area contributed by atoms with Gasteiger partial charge in [-0.15, -0.1) is 0 Å². The van der Waals surface area contributed by atoms with E-state index in [0.717, 1.165) is 13.0 Å². The van der Waals surface area contributed by atoms with Crippen molar-refractivity contribution in [1.82, 2.24) is 5.32 Å². The minimum Gasteiger partial charge on any atom is -0.492 e. The number of nitrogens with one attached hydrogen (secondary N) is 2. The second-order valence-electron chi connectivity index (χ2n) is 4.69. The van der Waals surface area contributed by atoms with E-state index < -0.39 is 0 Å². The minimum absolute atomic E-state index is 0.0238. The summed E-state index contributed by atoms with van der Waals surface area (Å²) in [4.78, 5) is 12.0. The molecular weight excluding hydrogens is 276 g/mol. The smallest absolute Gasteiger partial charge is 0.228 e. The first-order valence-electron chi connectivity index (χ1n) is 7.02. The molecule has 0 saturated carbocycles. The second-order valence-corrected chi connectivity index (χ2v) is 5.10. The highest BCUT2D eigenvalue weighted by molar-refractivity contribution is 6.32. The predicted octanol–water partition coefficient (Wildman–Crippen LogP) is 3.31. The van der Waals surface area contributed by atoms with Crippen molar-refractivity contribution in [1.29, 1.82) is 0 Å². The lowest BCUT2D eigenvalue weighted by atomic mass is 10.1. The van der Waals surface area contributed by atoms with Crippen LogP contribution < -0.4 is 15.4 Å². The van der Waals surface area contributed by atoms with Crippen LogP contribution in [-0.2, 0) is 4.79 Å². The number of rotatable bonds is 8. The van der Waals surface area contributed by atoms with Crippen molar-refractivity contribution in [3.05, 3.63) is 23.2 Å². The number of hydrogen-bond donors (Lipinski definition) is 2. The molecule has 0 spiro atoms. The Morgan fingerprint density at radius 3 is 2.75 bits per heavy atom. The molecule has 5 heteroatoms. The van der Waals surface area contributed by atoms with Gasteiger partial charge in [0, 0.05) is 18.2 Å². The maximum atomic E-state index is 12.0. The Morgan fingerprint density at radius 1 is 1.40 bits per heavy atom. The van der Waals surface area contributed by atoms with Crippen molar-refractivity contribution in [2.45, 2.75) is 27.2 Å². The molecule has 1 aromatic rings. The maximum Gasteiger partial charge on any atom is 0.228 e. The Morgan fingerprint density at radius 2 is 2.15 bits per heavy atom. The topological polar surface area (TPSA) is 50.4 Å². The summed E-state index contributed by atoms with van der Waals surface area (Å²) < 4.78 is 5.49. The van der Waals surface area contributed by atoms with Crippen LogP contribution >= 0.6 is 11.6 Å². The summed E-state index contributed by atoms with van der Waals surface area (Å²) in [5.41, 5.74) is 0.687. The minimum atomic E-state index is -0.0928. The average Bonchev–Trinajstić information content (AvgIpc) is 2.43. The molecular formula is C15H23ClN2O2. The summed E-state index contributed by atoms with van der Waals surface area (Å²) in [7, 11) is 0. The molecule has 20 heavy (non-hydrogen) atoms. The molecule has 0 radical (unpaired) electrons. The van der Waals surface area contributed by atoms with Crippen LogP contribution in [0.5, 0.6) is 5.75 Å². The van der Waals surface area contributed by atoms with Gasteiger partial charge in [0.2, 0.25) is 5.91 Å². The lowest BCUT2D eigenvalue weighted by molar-refractivity contribution is -0.119. The monoisotopic (exact) mass is 298 g/mol. The molecule has 112 valence electrons. The number of benzene rings is 1. The molecule has 0 aliphatic carbocycles. The van der Waals surface area contributed by atoms with E-state index >= 15 is 0 Å². The van der Waals surface area contributed by atoms with Crippen molar-refractivity contribution in [3.63, 3.8) is 0 Å². The molecule has 1 unspecified atom stereocenters. The van der Waals surface area contributed by atoms with Gasteiger partial charge in [-0.1, -0.05) is 32.4 Å². The van der Waals surface area contributed by atoms with Crippen LogP contribution in [0.25, 0.3) is 0 Å². The van der Waals surface area contributed by atoms with Crippen LogP contribution in [0.15, 0.2) is 18.2 Å². The zero-order chi connectivity index (χ0) is 15.0. The van der Waals surface area contributed by atoms with E-state index in [1.807, 2.05) is 20.8 Å². The van der Waals surface area contributed by atoms with Crippen molar-refractivity contribution in [3.8, 4) is 5.75 Å². The number of carbonyl (C=O) groups excluding carboxylic acids is 1. The number of amides is 1. The van der Waals surface area contributed by atoms with Crippen molar-refractivity contribution < 1.29 is 9.53 Å². The van der Waals surface area contributed by atoms with Crippen LogP contribution in [0, 0.1) is 5.92 Å². The molecule has 0 bridgehead atoms. The largest absolute Gasteiger partial charge is 0.492 e. The number of hydrogen-bond acceptors (Lipinski definition) is 3. The van der Waals surface area contributed by atoms with E-state index in [1.54, 1.807) is 18.2 Å². The standard InChI is InChI=1S/C15H23ClN2O2/c1-4-8-20-14-7-6-12(9-13(14)16)18-15(19)11(3)10-17-5-2/h6-7,9,11,17H,4-5,8,10H2,1-3H3,(H,18,19). The average molecular weight is 299 g/mol. The maximum absolute atomic E-state index is 12.0. The van der Waals surface area contributed by atoms with Gasteiger partial charge in [0.25, 0.3) is 0 Å². The molecule has 0 heterocycles. The highest BCUT2D eigenvalue weighted by atomic mass is 35.5. The number of halogens is 1. The van der Waals surface area contributed by atoms with Gasteiger partial charge in [0.15, 0.2) is 0 Å². The predicted molar refractivity (Wildman–Crippen MR) is 83.6 cm³/mol. The van der Waals surface area contributed by atoms with E-state index in [1.165, 1.54) is 0 Å². The first kappa shape index (κ1) is 16.8. The Balaban J connectivity index is 2.60. The van der Waals surface area contributed by atoms with Gasteiger partial charge in [0.05, 0.1) is 11.6 Å². The third-order valence-electron chi connectivity index (χ3n) is 2.81. The van der Waals surface area contributed by atoms with Gasteiger partial charge in [-0.05, 0) is 31.2 Å². The zero-order valence-electron chi connectivity index (χ0n) is 12.3. The lowest BCUT2D eigenvalue weighted by Crippen LogP contribution is -2.30. The fraction of sp³-hybridized carbons (Fsp3) is 0.533. The number of carbonyl (C=O) groups is 1. The van der Waals surface area contributed by atoms with Gasteiger partial charge in [-0.2, -0.15) is 0 Å². The Hall–Kier alpha value is -1.26. The van der Waals surface area contributed by atoms with Crippen molar-refractivity contribution in [2.75, 3.05) is 25.0 Å². The van der Waals surface area contributed by atoms with Crippen molar-refractivity contribution >= 4 is 23.2 Å². The summed E-state index contributed by atoms with van der Waals surface area (Å²) in [6, 6.07) is 5.29. The lowest BCUT2D eigenvalue weighted by Gasteiger charge is -2.13. The van der Waals surface area contributed by atoms with Gasteiger partial charge in [-0.3, -0.25) is 4.79 Å². The third kappa shape index (κ3) is 5.39. The molecule has 1 atom stereocenters. The Bertz CT molecular complexity index is 438. The summed E-state index contributed by atoms with van der Waals surface area (Å²) in [6.45, 7) is 8.08. The molecule has 2 N–H and O–H groups in total. The van der Waals surface area contributed by atoms with E-state index in [4.69, 9.17) is 16.3 Å². The molecule has 1 amide bonds. The van der Waals surface area contributed by atoms with E-state index in [-0.39, 0.29) is 11.8 Å². The first-order valence-corrected chi connectivity index (χ1v) is 7.40. The second kappa shape index (κ2) is 8.82. The summed E-state index contributed by atoms with van der Waals surface area (Å²) >= 11 is 6.12. The van der Waals surface area contributed by atoms with Crippen LogP contribution in [0.1, 0.15) is 27.2 Å². The molecule has 0 fully saturated rings. The fourth-order valence-corrected chi connectivity index (χ4v) is 1.86. The quantitative estimate of drug-likeness (QED) is 0.774. The summed E-state index contributed by atoms with van der Waals surface area (Å²) in [5.74, 6) is 0.529. The highest BCUT2D eigenvalue weighted by Gasteiger charge is 2.13. The first-order chi connectivity index (χ1) is 9.58. The van der Waals surface area contributed by atoms with Gasteiger partial charge in [-0.25, -0.2) is 0 Å². The summed E-state index contributed by atoms with van der Waals surface area (Å²) in [6.07, 6.45) is 0.927. The summed E-state index contributed by atoms with van der Waals surface area (Å²) in [5, 5.41) is 6.52. The van der Waals surface area contributed by atoms with E-state index in [9.17, 15) is 4.79 Å². The SMILES string of the molecule is CCCOc1ccc(NC(=O)C(C)CNCC)cc1Cl. The van der Waals surface area contributed by atoms with Crippen LogP contribution in [0.2, 0.25) is 5.02 Å². The molecule has 1 rings (SSSR count). The van der Waals surface area contributed by atoms with Crippen LogP contribution in [-0.4, -0.2) is 25.6 Å². The molecule has 0 aliphatic heterocycles. The van der Waals surface area contributed by atoms with Gasteiger partial charge < -0.3 is 15.4 Å². The number of ether oxygens (including phenoxy) is 1. The van der Waals surface area contributed by atoms with E-state index in [0.29, 0.717) is 29.6 Å². The van der Waals surface area contributed by atoms with Gasteiger partial charge >= 0.3 is 0 Å². The molecule has 0 aliphatic rings. The van der Waals surface area contributed by atoms with E-state index in [2.05, 4.69) is 10.6 Å². The van der Waals surface area contributed by atoms with Crippen LogP contribution in [0.4, 0.5) is 5.69 Å². The molecule has 4 nitrogen and oxygen atoms in total. The number of anilines is 1. The third-order valence-corrected chi connectivity index (χ3v) is 3.10. The highest BCUT2D eigenvalue weighted by Crippen LogP contribution is 2.28. The Kier molecular flexibility index (Phi) is 7.41.